The van der Waals surface area contributed by atoms with Crippen LogP contribution in [-0.4, -0.2) is 19.4 Å². The highest BCUT2D eigenvalue weighted by Gasteiger charge is 2.15. The smallest absolute Gasteiger partial charge is 0.263 e. The highest BCUT2D eigenvalue weighted by Crippen LogP contribution is 2.12. The maximum atomic E-state index is 12.2. The Labute approximate surface area is 139 Å². The van der Waals surface area contributed by atoms with E-state index in [1.807, 2.05) is 6.92 Å². The molecule has 0 fully saturated rings. The van der Waals surface area contributed by atoms with Crippen molar-refractivity contribution in [1.82, 2.24) is 4.72 Å². The molecule has 0 aliphatic carbocycles. The molecular formula is C15H15N3O3S2. The van der Waals surface area contributed by atoms with Crippen LogP contribution in [0.2, 0.25) is 0 Å². The van der Waals surface area contributed by atoms with E-state index in [1.165, 1.54) is 24.3 Å². The number of nitrogens with two attached hydrogens (primary N) is 1. The Morgan fingerprint density at radius 2 is 1.61 bits per heavy atom. The number of thiocarbonyl (C=S) groups is 1. The Morgan fingerprint density at radius 1 is 1.04 bits per heavy atom. The summed E-state index contributed by atoms with van der Waals surface area (Å²) >= 11 is 5.00. The third-order valence-electron chi connectivity index (χ3n) is 2.99. The van der Waals surface area contributed by atoms with Gasteiger partial charge in [-0.05, 0) is 55.5 Å². The summed E-state index contributed by atoms with van der Waals surface area (Å²) in [6.07, 6.45) is 0. The van der Waals surface area contributed by atoms with Crippen molar-refractivity contribution in [3.05, 3.63) is 59.7 Å². The normalized spacial score (nSPS) is 10.8. The quantitative estimate of drug-likeness (QED) is 0.730. The lowest BCUT2D eigenvalue weighted by atomic mass is 10.2. The van der Waals surface area contributed by atoms with Gasteiger partial charge in [-0.15, -0.1) is 0 Å². The summed E-state index contributed by atoms with van der Waals surface area (Å²) in [6.45, 7) is 1.87. The number of nitrogens with one attached hydrogen (secondary N) is 2. The van der Waals surface area contributed by atoms with Crippen LogP contribution in [0.3, 0.4) is 0 Å². The minimum Gasteiger partial charge on any atom is -0.366 e. The Kier molecular flexibility index (Phi) is 4.97. The molecule has 0 heterocycles. The summed E-state index contributed by atoms with van der Waals surface area (Å²) in [6, 6.07) is 12.6. The fourth-order valence-corrected chi connectivity index (χ4v) is 3.13. The minimum absolute atomic E-state index is 0.0719. The molecule has 23 heavy (non-hydrogen) atoms. The van der Waals surface area contributed by atoms with Crippen LogP contribution in [-0.2, 0) is 10.0 Å². The van der Waals surface area contributed by atoms with Gasteiger partial charge in [-0.25, -0.2) is 8.42 Å². The second-order valence-electron chi connectivity index (χ2n) is 4.81. The van der Waals surface area contributed by atoms with Crippen molar-refractivity contribution in [2.24, 2.45) is 5.73 Å². The summed E-state index contributed by atoms with van der Waals surface area (Å²) in [5.41, 5.74) is 6.99. The Hall–Kier alpha value is -2.45. The van der Waals surface area contributed by atoms with Crippen molar-refractivity contribution >= 4 is 38.9 Å². The average molecular weight is 349 g/mol. The molecular weight excluding hydrogens is 334 g/mol. The van der Waals surface area contributed by atoms with Crippen LogP contribution in [0, 0.1) is 6.92 Å². The van der Waals surface area contributed by atoms with Gasteiger partial charge in [0.15, 0.2) is 5.11 Å². The van der Waals surface area contributed by atoms with E-state index in [0.29, 0.717) is 11.3 Å². The van der Waals surface area contributed by atoms with Crippen LogP contribution in [0.5, 0.6) is 0 Å². The van der Waals surface area contributed by atoms with E-state index in [2.05, 4.69) is 10.0 Å². The summed E-state index contributed by atoms with van der Waals surface area (Å²) in [5.74, 6) is -0.542. The Balaban J connectivity index is 2.06. The molecule has 0 spiro atoms. The molecule has 0 saturated heterocycles. The number of hydrogen-bond acceptors (Lipinski definition) is 4. The van der Waals surface area contributed by atoms with Crippen molar-refractivity contribution in [3.8, 4) is 0 Å². The second-order valence-corrected chi connectivity index (χ2v) is 6.90. The molecule has 6 nitrogen and oxygen atoms in total. The van der Waals surface area contributed by atoms with Crippen molar-refractivity contribution < 1.29 is 13.2 Å². The molecule has 0 aliphatic heterocycles. The molecule has 4 N–H and O–H groups in total. The van der Waals surface area contributed by atoms with E-state index in [9.17, 15) is 13.2 Å². The maximum Gasteiger partial charge on any atom is 0.263 e. The van der Waals surface area contributed by atoms with E-state index in [1.54, 1.807) is 24.3 Å². The van der Waals surface area contributed by atoms with Gasteiger partial charge in [-0.1, -0.05) is 17.7 Å². The summed E-state index contributed by atoms with van der Waals surface area (Å²) in [4.78, 5) is 11.1. The van der Waals surface area contributed by atoms with Crippen LogP contribution in [0.1, 0.15) is 15.9 Å². The van der Waals surface area contributed by atoms with Gasteiger partial charge in [-0.2, -0.15) is 0 Å². The van der Waals surface area contributed by atoms with Crippen LogP contribution < -0.4 is 15.8 Å². The largest absolute Gasteiger partial charge is 0.366 e. The Morgan fingerprint density at radius 3 is 2.13 bits per heavy atom. The molecule has 0 unspecified atom stereocenters. The molecule has 2 aromatic carbocycles. The van der Waals surface area contributed by atoms with Crippen LogP contribution in [0.4, 0.5) is 5.69 Å². The minimum atomic E-state index is -3.75. The van der Waals surface area contributed by atoms with Gasteiger partial charge in [0.05, 0.1) is 4.90 Å². The SMILES string of the molecule is Cc1ccc(S(=O)(=O)NC(=S)Nc2ccc(C(N)=O)cc2)cc1. The number of hydrogen-bond donors (Lipinski definition) is 3. The molecule has 0 saturated carbocycles. The molecule has 0 atom stereocenters. The first kappa shape index (κ1) is 16.9. The molecule has 0 aromatic heterocycles. The van der Waals surface area contributed by atoms with E-state index >= 15 is 0 Å². The first-order chi connectivity index (χ1) is 10.8. The molecule has 1 amide bonds. The fraction of sp³-hybridized carbons (Fsp3) is 0.0667. The van der Waals surface area contributed by atoms with Crippen molar-refractivity contribution in [3.63, 3.8) is 0 Å². The van der Waals surface area contributed by atoms with Gasteiger partial charge in [0, 0.05) is 11.3 Å². The molecule has 0 aliphatic rings. The zero-order valence-corrected chi connectivity index (χ0v) is 13.9. The summed E-state index contributed by atoms with van der Waals surface area (Å²) in [5, 5.41) is 2.66. The number of benzene rings is 2. The third-order valence-corrected chi connectivity index (χ3v) is 4.68. The van der Waals surface area contributed by atoms with Crippen LogP contribution in [0.25, 0.3) is 0 Å². The average Bonchev–Trinajstić information content (AvgIpc) is 2.47. The number of sulfonamides is 1. The van der Waals surface area contributed by atoms with Crippen molar-refractivity contribution in [2.45, 2.75) is 11.8 Å². The monoisotopic (exact) mass is 349 g/mol. The van der Waals surface area contributed by atoms with Gasteiger partial charge >= 0.3 is 0 Å². The first-order valence-corrected chi connectivity index (χ1v) is 8.47. The number of carbonyl (C=O) groups excluding carboxylic acids is 1. The highest BCUT2D eigenvalue weighted by molar-refractivity contribution is 7.92. The number of amides is 1. The van der Waals surface area contributed by atoms with Crippen LogP contribution in [0.15, 0.2) is 53.4 Å². The van der Waals surface area contributed by atoms with Gasteiger partial charge in [0.1, 0.15) is 0 Å². The molecule has 2 aromatic rings. The zero-order chi connectivity index (χ0) is 17.0. The molecule has 2 rings (SSSR count). The standard InChI is InChI=1S/C15H15N3O3S2/c1-10-2-8-13(9-3-10)23(20,21)18-15(22)17-12-6-4-11(5-7-12)14(16)19/h2-9H,1H3,(H2,16,19)(H2,17,18,22). The van der Waals surface area contributed by atoms with E-state index < -0.39 is 15.9 Å². The van der Waals surface area contributed by atoms with E-state index in [0.717, 1.165) is 5.56 Å². The van der Waals surface area contributed by atoms with Gasteiger partial charge < -0.3 is 11.1 Å². The predicted octanol–water partition coefficient (Wildman–Crippen LogP) is 1.77. The van der Waals surface area contributed by atoms with Crippen LogP contribution >= 0.6 is 12.2 Å². The number of aryl methyl sites for hydroxylation is 1. The topological polar surface area (TPSA) is 101 Å². The highest BCUT2D eigenvalue weighted by atomic mass is 32.2. The lowest BCUT2D eigenvalue weighted by Crippen LogP contribution is -2.34. The summed E-state index contributed by atoms with van der Waals surface area (Å²) < 4.78 is 26.7. The number of primary amides is 1. The Bertz CT molecular complexity index is 829. The summed E-state index contributed by atoms with van der Waals surface area (Å²) in [7, 11) is -3.75. The first-order valence-electron chi connectivity index (χ1n) is 6.58. The predicted molar refractivity (Wildman–Crippen MR) is 92.7 cm³/mol. The van der Waals surface area contributed by atoms with Gasteiger partial charge in [0.2, 0.25) is 5.91 Å². The maximum absolute atomic E-state index is 12.2. The molecule has 8 heteroatoms. The lowest BCUT2D eigenvalue weighted by molar-refractivity contribution is 0.100. The van der Waals surface area contributed by atoms with Gasteiger partial charge in [-0.3, -0.25) is 9.52 Å². The molecule has 0 bridgehead atoms. The zero-order valence-electron chi connectivity index (χ0n) is 12.2. The lowest BCUT2D eigenvalue weighted by Gasteiger charge is -2.11. The van der Waals surface area contributed by atoms with Gasteiger partial charge in [0.25, 0.3) is 10.0 Å². The van der Waals surface area contributed by atoms with E-state index in [-0.39, 0.29) is 10.0 Å². The molecule has 0 radical (unpaired) electrons. The number of anilines is 1. The third kappa shape index (κ3) is 4.51. The van der Waals surface area contributed by atoms with Crippen molar-refractivity contribution in [2.75, 3.05) is 5.32 Å². The number of carbonyl (C=O) groups is 1. The molecule has 120 valence electrons. The van der Waals surface area contributed by atoms with Crippen molar-refractivity contribution in [1.29, 1.82) is 0 Å². The van der Waals surface area contributed by atoms with E-state index in [4.69, 9.17) is 18.0 Å². The second kappa shape index (κ2) is 6.76. The number of rotatable bonds is 4. The fourth-order valence-electron chi connectivity index (χ4n) is 1.77.